The fourth-order valence-corrected chi connectivity index (χ4v) is 3.14. The van der Waals surface area contributed by atoms with Crippen LogP contribution in [-0.2, 0) is 0 Å². The number of hydrogen-bond donors (Lipinski definition) is 0. The number of pyridine rings is 1. The summed E-state index contributed by atoms with van der Waals surface area (Å²) in [7, 11) is 0. The number of para-hydroxylation sites is 1. The van der Waals surface area contributed by atoms with Crippen molar-refractivity contribution in [3.8, 4) is 0 Å². The number of alkyl halides is 1. The smallest absolute Gasteiger partial charge is 0.132 e. The van der Waals surface area contributed by atoms with E-state index in [-0.39, 0.29) is 0 Å². The van der Waals surface area contributed by atoms with Gasteiger partial charge in [-0.3, -0.25) is 0 Å². The number of piperidine rings is 1. The van der Waals surface area contributed by atoms with Crippen molar-refractivity contribution < 1.29 is 0 Å². The molecular formula is C16H19ClN2. The van der Waals surface area contributed by atoms with Crippen LogP contribution >= 0.6 is 11.6 Å². The molecule has 0 saturated carbocycles. The molecule has 2 aromatic rings. The highest BCUT2D eigenvalue weighted by molar-refractivity contribution is 6.18. The van der Waals surface area contributed by atoms with E-state index in [9.17, 15) is 0 Å². The standard InChI is InChI=1S/C16H19ClN2/c1-12-10-14-4-2-3-5-15(14)18-16(12)19-8-6-13(11-17)7-9-19/h2-5,10,13H,6-9,11H2,1H3. The Morgan fingerprint density at radius 2 is 2.00 bits per heavy atom. The largest absolute Gasteiger partial charge is 0.356 e. The Morgan fingerprint density at radius 1 is 1.26 bits per heavy atom. The minimum Gasteiger partial charge on any atom is -0.356 e. The van der Waals surface area contributed by atoms with Crippen molar-refractivity contribution in [2.24, 2.45) is 5.92 Å². The van der Waals surface area contributed by atoms with Gasteiger partial charge in [0, 0.05) is 24.4 Å². The first kappa shape index (κ1) is 12.7. The van der Waals surface area contributed by atoms with E-state index in [1.54, 1.807) is 0 Å². The molecule has 2 nitrogen and oxygen atoms in total. The van der Waals surface area contributed by atoms with Crippen molar-refractivity contribution in [3.63, 3.8) is 0 Å². The van der Waals surface area contributed by atoms with Gasteiger partial charge in [-0.25, -0.2) is 4.98 Å². The van der Waals surface area contributed by atoms with Crippen molar-refractivity contribution >= 4 is 28.3 Å². The number of aryl methyl sites for hydroxylation is 1. The Hall–Kier alpha value is -1.28. The van der Waals surface area contributed by atoms with Gasteiger partial charge >= 0.3 is 0 Å². The van der Waals surface area contributed by atoms with Crippen molar-refractivity contribution in [2.75, 3.05) is 23.9 Å². The number of anilines is 1. The molecule has 1 aromatic carbocycles. The number of benzene rings is 1. The fourth-order valence-electron chi connectivity index (χ4n) is 2.83. The van der Waals surface area contributed by atoms with Crippen LogP contribution in [0.1, 0.15) is 18.4 Å². The first-order chi connectivity index (χ1) is 9.28. The van der Waals surface area contributed by atoms with Crippen molar-refractivity contribution in [1.82, 2.24) is 4.98 Å². The second kappa shape index (κ2) is 5.38. The molecule has 2 heterocycles. The van der Waals surface area contributed by atoms with E-state index in [0.29, 0.717) is 5.92 Å². The molecule has 1 aliphatic heterocycles. The minimum absolute atomic E-state index is 0.679. The van der Waals surface area contributed by atoms with Gasteiger partial charge < -0.3 is 4.90 Å². The molecule has 0 bridgehead atoms. The molecule has 3 rings (SSSR count). The van der Waals surface area contributed by atoms with Gasteiger partial charge in [0.15, 0.2) is 0 Å². The summed E-state index contributed by atoms with van der Waals surface area (Å²) in [5, 5.41) is 1.22. The van der Waals surface area contributed by atoms with E-state index in [1.165, 1.54) is 23.8 Å². The summed E-state index contributed by atoms with van der Waals surface area (Å²) in [6.45, 7) is 4.30. The molecule has 3 heteroatoms. The van der Waals surface area contributed by atoms with E-state index in [0.717, 1.165) is 30.3 Å². The first-order valence-corrected chi connectivity index (χ1v) is 7.48. The summed E-state index contributed by atoms with van der Waals surface area (Å²) < 4.78 is 0. The molecule has 0 spiro atoms. The lowest BCUT2D eigenvalue weighted by Gasteiger charge is -2.33. The lowest BCUT2D eigenvalue weighted by atomic mass is 9.98. The van der Waals surface area contributed by atoms with Crippen molar-refractivity contribution in [3.05, 3.63) is 35.9 Å². The number of aromatic nitrogens is 1. The van der Waals surface area contributed by atoms with E-state index in [4.69, 9.17) is 16.6 Å². The molecule has 100 valence electrons. The van der Waals surface area contributed by atoms with Crippen molar-refractivity contribution in [1.29, 1.82) is 0 Å². The third-order valence-corrected chi connectivity index (χ3v) is 4.46. The molecule has 1 aromatic heterocycles. The van der Waals surface area contributed by atoms with E-state index < -0.39 is 0 Å². The molecule has 0 amide bonds. The first-order valence-electron chi connectivity index (χ1n) is 6.95. The normalized spacial score (nSPS) is 17.1. The predicted octanol–water partition coefficient (Wildman–Crippen LogP) is 4.00. The zero-order valence-electron chi connectivity index (χ0n) is 11.3. The van der Waals surface area contributed by atoms with Gasteiger partial charge in [0.25, 0.3) is 0 Å². The summed E-state index contributed by atoms with van der Waals surface area (Å²) in [6, 6.07) is 10.6. The third-order valence-electron chi connectivity index (χ3n) is 4.02. The molecule has 0 N–H and O–H groups in total. The topological polar surface area (TPSA) is 16.1 Å². The average molecular weight is 275 g/mol. The lowest BCUT2D eigenvalue weighted by Crippen LogP contribution is -2.35. The number of nitrogens with zero attached hydrogens (tertiary/aromatic N) is 2. The van der Waals surface area contributed by atoms with Gasteiger partial charge in [-0.1, -0.05) is 18.2 Å². The molecule has 1 fully saturated rings. The van der Waals surface area contributed by atoms with Crippen LogP contribution in [0.3, 0.4) is 0 Å². The maximum absolute atomic E-state index is 5.95. The molecular weight excluding hydrogens is 256 g/mol. The molecule has 0 aliphatic carbocycles. The molecule has 1 saturated heterocycles. The second-order valence-corrected chi connectivity index (χ2v) is 5.71. The summed E-state index contributed by atoms with van der Waals surface area (Å²) in [5.74, 6) is 2.61. The second-order valence-electron chi connectivity index (χ2n) is 5.41. The summed E-state index contributed by atoms with van der Waals surface area (Å²) in [5.41, 5.74) is 2.35. The average Bonchev–Trinajstić information content (AvgIpc) is 2.47. The summed E-state index contributed by atoms with van der Waals surface area (Å²) >= 11 is 5.95. The Morgan fingerprint density at radius 3 is 2.74 bits per heavy atom. The summed E-state index contributed by atoms with van der Waals surface area (Å²) in [4.78, 5) is 7.25. The Balaban J connectivity index is 1.90. The van der Waals surface area contributed by atoms with Crippen LogP contribution in [0.2, 0.25) is 0 Å². The van der Waals surface area contributed by atoms with Gasteiger partial charge in [-0.05, 0) is 43.4 Å². The highest BCUT2D eigenvalue weighted by Crippen LogP contribution is 2.27. The maximum Gasteiger partial charge on any atom is 0.132 e. The Bertz CT molecular complexity index is 574. The van der Waals surface area contributed by atoms with Gasteiger partial charge in [0.2, 0.25) is 0 Å². The quantitative estimate of drug-likeness (QED) is 0.770. The number of halogens is 1. The minimum atomic E-state index is 0.679. The van der Waals surface area contributed by atoms with Crippen LogP contribution in [0.5, 0.6) is 0 Å². The highest BCUT2D eigenvalue weighted by Gasteiger charge is 2.20. The van der Waals surface area contributed by atoms with Crippen molar-refractivity contribution in [2.45, 2.75) is 19.8 Å². The highest BCUT2D eigenvalue weighted by atomic mass is 35.5. The SMILES string of the molecule is Cc1cc2ccccc2nc1N1CCC(CCl)CC1. The van der Waals surface area contributed by atoms with Gasteiger partial charge in [-0.2, -0.15) is 0 Å². The number of rotatable bonds is 2. The molecule has 19 heavy (non-hydrogen) atoms. The van der Waals surface area contributed by atoms with Gasteiger partial charge in [-0.15, -0.1) is 11.6 Å². The molecule has 0 radical (unpaired) electrons. The number of hydrogen-bond acceptors (Lipinski definition) is 2. The van der Waals surface area contributed by atoms with E-state index in [2.05, 4.69) is 36.1 Å². The lowest BCUT2D eigenvalue weighted by molar-refractivity contribution is 0.441. The van der Waals surface area contributed by atoms with Crippen LogP contribution in [0.15, 0.2) is 30.3 Å². The van der Waals surface area contributed by atoms with Crippen LogP contribution < -0.4 is 4.90 Å². The molecule has 1 aliphatic rings. The van der Waals surface area contributed by atoms with Crippen LogP contribution in [-0.4, -0.2) is 24.0 Å². The van der Waals surface area contributed by atoms with Crippen LogP contribution in [0, 0.1) is 12.8 Å². The fraction of sp³-hybridized carbons (Fsp3) is 0.438. The van der Waals surface area contributed by atoms with Crippen LogP contribution in [0.4, 0.5) is 5.82 Å². The van der Waals surface area contributed by atoms with E-state index in [1.807, 2.05) is 6.07 Å². The maximum atomic E-state index is 5.95. The third kappa shape index (κ3) is 2.55. The van der Waals surface area contributed by atoms with Gasteiger partial charge in [0.05, 0.1) is 5.52 Å². The van der Waals surface area contributed by atoms with Crippen LogP contribution in [0.25, 0.3) is 10.9 Å². The summed E-state index contributed by atoms with van der Waals surface area (Å²) in [6.07, 6.45) is 2.36. The number of fused-ring (bicyclic) bond motifs is 1. The predicted molar refractivity (Wildman–Crippen MR) is 82.1 cm³/mol. The Labute approximate surface area is 119 Å². The zero-order valence-corrected chi connectivity index (χ0v) is 12.0. The molecule has 0 unspecified atom stereocenters. The zero-order chi connectivity index (χ0) is 13.2. The van der Waals surface area contributed by atoms with Gasteiger partial charge in [0.1, 0.15) is 5.82 Å². The Kier molecular flexibility index (Phi) is 3.61. The van der Waals surface area contributed by atoms with E-state index >= 15 is 0 Å². The molecule has 0 atom stereocenters. The monoisotopic (exact) mass is 274 g/mol.